The first-order valence-electron chi connectivity index (χ1n) is 6.85. The molecule has 4 heteroatoms. The summed E-state index contributed by atoms with van der Waals surface area (Å²) in [6.45, 7) is 1.83. The number of benzene rings is 2. The molecule has 0 amide bonds. The third kappa shape index (κ3) is 3.27. The van der Waals surface area contributed by atoms with Crippen LogP contribution in [-0.2, 0) is 6.42 Å². The lowest BCUT2D eigenvalue weighted by atomic mass is 10.1. The Hall–Kier alpha value is -1.39. The summed E-state index contributed by atoms with van der Waals surface area (Å²) in [5.41, 5.74) is 2.65. The molecule has 108 valence electrons. The summed E-state index contributed by atoms with van der Waals surface area (Å²) in [4.78, 5) is 13.6. The molecule has 0 fully saturated rings. The quantitative estimate of drug-likeness (QED) is 0.843. The molecule has 0 bridgehead atoms. The summed E-state index contributed by atoms with van der Waals surface area (Å²) < 4.78 is 0. The van der Waals surface area contributed by atoms with Gasteiger partial charge in [0.1, 0.15) is 0 Å². The molecular formula is C17H16O2S2. The van der Waals surface area contributed by atoms with Gasteiger partial charge in [-0.2, -0.15) is 0 Å². The van der Waals surface area contributed by atoms with Crippen LogP contribution in [0.2, 0.25) is 0 Å². The predicted molar refractivity (Wildman–Crippen MR) is 88.7 cm³/mol. The second kappa shape index (κ2) is 6.16. The third-order valence-electron chi connectivity index (χ3n) is 3.59. The van der Waals surface area contributed by atoms with E-state index in [2.05, 4.69) is 24.3 Å². The van der Waals surface area contributed by atoms with Gasteiger partial charge in [0.05, 0.1) is 5.56 Å². The fraction of sp³-hybridized carbons (Fsp3) is 0.235. The smallest absolute Gasteiger partial charge is 0.335 e. The van der Waals surface area contributed by atoms with Gasteiger partial charge in [0.25, 0.3) is 0 Å². The molecule has 1 aliphatic heterocycles. The SMILES string of the molecule is Cc1ccc(SCC2Cc3ccccc3S2)cc1C(=O)O. The number of thioether (sulfide) groups is 2. The molecule has 2 nitrogen and oxygen atoms in total. The highest BCUT2D eigenvalue weighted by Gasteiger charge is 2.21. The highest BCUT2D eigenvalue weighted by molar-refractivity contribution is 8.03. The molecule has 21 heavy (non-hydrogen) atoms. The van der Waals surface area contributed by atoms with Crippen LogP contribution < -0.4 is 0 Å². The van der Waals surface area contributed by atoms with Gasteiger partial charge in [-0.1, -0.05) is 24.3 Å². The van der Waals surface area contributed by atoms with Gasteiger partial charge in [-0.15, -0.1) is 23.5 Å². The monoisotopic (exact) mass is 316 g/mol. The topological polar surface area (TPSA) is 37.3 Å². The van der Waals surface area contributed by atoms with Crippen molar-refractivity contribution in [3.05, 3.63) is 59.2 Å². The minimum Gasteiger partial charge on any atom is -0.478 e. The maximum absolute atomic E-state index is 11.2. The number of hydrogen-bond acceptors (Lipinski definition) is 3. The Morgan fingerprint density at radius 2 is 2.14 bits per heavy atom. The fourth-order valence-corrected chi connectivity index (χ4v) is 4.88. The van der Waals surface area contributed by atoms with E-state index in [1.807, 2.05) is 30.8 Å². The van der Waals surface area contributed by atoms with E-state index >= 15 is 0 Å². The Balaban J connectivity index is 1.64. The van der Waals surface area contributed by atoms with E-state index in [4.69, 9.17) is 0 Å². The van der Waals surface area contributed by atoms with Crippen LogP contribution in [0, 0.1) is 6.92 Å². The van der Waals surface area contributed by atoms with Gasteiger partial charge in [0, 0.05) is 20.8 Å². The van der Waals surface area contributed by atoms with E-state index in [0.717, 1.165) is 22.6 Å². The lowest BCUT2D eigenvalue weighted by molar-refractivity contribution is 0.0696. The summed E-state index contributed by atoms with van der Waals surface area (Å²) in [5.74, 6) is 0.152. The van der Waals surface area contributed by atoms with Crippen LogP contribution in [0.25, 0.3) is 0 Å². The summed E-state index contributed by atoms with van der Waals surface area (Å²) in [7, 11) is 0. The van der Waals surface area contributed by atoms with Crippen molar-refractivity contribution in [2.45, 2.75) is 28.4 Å². The van der Waals surface area contributed by atoms with E-state index in [-0.39, 0.29) is 0 Å². The first-order chi connectivity index (χ1) is 10.1. The molecular weight excluding hydrogens is 300 g/mol. The largest absolute Gasteiger partial charge is 0.478 e. The van der Waals surface area contributed by atoms with Gasteiger partial charge in [0.15, 0.2) is 0 Å². The fourth-order valence-electron chi connectivity index (χ4n) is 2.46. The molecule has 3 rings (SSSR count). The average molecular weight is 316 g/mol. The zero-order chi connectivity index (χ0) is 14.8. The molecule has 1 aliphatic rings. The maximum Gasteiger partial charge on any atom is 0.335 e. The van der Waals surface area contributed by atoms with Gasteiger partial charge in [-0.05, 0) is 42.7 Å². The lowest BCUT2D eigenvalue weighted by Gasteiger charge is -2.09. The van der Waals surface area contributed by atoms with Crippen molar-refractivity contribution in [1.29, 1.82) is 0 Å². The molecule has 1 N–H and O–H groups in total. The zero-order valence-electron chi connectivity index (χ0n) is 11.7. The minimum absolute atomic E-state index is 0.405. The highest BCUT2D eigenvalue weighted by atomic mass is 32.2. The number of aryl methyl sites for hydroxylation is 1. The van der Waals surface area contributed by atoms with Crippen LogP contribution in [0.3, 0.4) is 0 Å². The summed E-state index contributed by atoms with van der Waals surface area (Å²) in [5, 5.41) is 9.75. The number of hydrogen-bond donors (Lipinski definition) is 1. The third-order valence-corrected chi connectivity index (χ3v) is 6.28. The molecule has 0 aliphatic carbocycles. The Morgan fingerprint density at radius 1 is 1.33 bits per heavy atom. The van der Waals surface area contributed by atoms with E-state index in [1.165, 1.54) is 10.5 Å². The van der Waals surface area contributed by atoms with Crippen molar-refractivity contribution >= 4 is 29.5 Å². The lowest BCUT2D eigenvalue weighted by Crippen LogP contribution is -2.04. The number of fused-ring (bicyclic) bond motifs is 1. The van der Waals surface area contributed by atoms with Crippen molar-refractivity contribution in [2.24, 2.45) is 0 Å². The predicted octanol–water partition coefficient (Wildman–Crippen LogP) is 4.50. The molecule has 1 unspecified atom stereocenters. The van der Waals surface area contributed by atoms with Crippen molar-refractivity contribution in [3.63, 3.8) is 0 Å². The van der Waals surface area contributed by atoms with Crippen molar-refractivity contribution in [1.82, 2.24) is 0 Å². The number of aromatic carboxylic acids is 1. The number of carboxylic acids is 1. The van der Waals surface area contributed by atoms with E-state index < -0.39 is 5.97 Å². The molecule has 0 aromatic heterocycles. The van der Waals surface area contributed by atoms with Crippen molar-refractivity contribution in [3.8, 4) is 0 Å². The molecule has 2 aromatic rings. The maximum atomic E-state index is 11.2. The highest BCUT2D eigenvalue weighted by Crippen LogP contribution is 2.39. The van der Waals surface area contributed by atoms with Gasteiger partial charge in [0.2, 0.25) is 0 Å². The summed E-state index contributed by atoms with van der Waals surface area (Å²) >= 11 is 3.68. The van der Waals surface area contributed by atoms with Crippen LogP contribution in [0.4, 0.5) is 0 Å². The van der Waals surface area contributed by atoms with Gasteiger partial charge < -0.3 is 5.11 Å². The second-order valence-corrected chi connectivity index (χ2v) is 7.58. The molecule has 0 spiro atoms. The van der Waals surface area contributed by atoms with Crippen LogP contribution in [-0.4, -0.2) is 22.1 Å². The first-order valence-corrected chi connectivity index (χ1v) is 8.71. The average Bonchev–Trinajstić information content (AvgIpc) is 2.89. The summed E-state index contributed by atoms with van der Waals surface area (Å²) in [6.07, 6.45) is 1.10. The van der Waals surface area contributed by atoms with Crippen LogP contribution >= 0.6 is 23.5 Å². The van der Waals surface area contributed by atoms with Crippen molar-refractivity contribution in [2.75, 3.05) is 5.75 Å². The second-order valence-electron chi connectivity index (χ2n) is 5.14. The Bertz CT molecular complexity index is 657. The van der Waals surface area contributed by atoms with Gasteiger partial charge in [-0.3, -0.25) is 0 Å². The Labute approximate surface area is 133 Å². The number of carbonyl (C=O) groups is 1. The van der Waals surface area contributed by atoms with Gasteiger partial charge in [-0.25, -0.2) is 4.79 Å². The van der Waals surface area contributed by atoms with E-state index in [9.17, 15) is 9.90 Å². The molecule has 2 aromatic carbocycles. The van der Waals surface area contributed by atoms with Crippen molar-refractivity contribution < 1.29 is 9.90 Å². The van der Waals surface area contributed by atoms with E-state index in [0.29, 0.717) is 10.8 Å². The normalized spacial score (nSPS) is 16.7. The minimum atomic E-state index is -0.849. The Kier molecular flexibility index (Phi) is 4.27. The molecule has 0 saturated carbocycles. The van der Waals surface area contributed by atoms with Crippen LogP contribution in [0.5, 0.6) is 0 Å². The molecule has 0 radical (unpaired) electrons. The molecule has 0 saturated heterocycles. The summed E-state index contributed by atoms with van der Waals surface area (Å²) in [6, 6.07) is 14.2. The van der Waals surface area contributed by atoms with Crippen LogP contribution in [0.15, 0.2) is 52.3 Å². The molecule has 1 heterocycles. The standard InChI is InChI=1S/C17H16O2S2/c1-11-6-7-13(9-15(11)17(18)19)20-10-14-8-12-4-2-3-5-16(12)21-14/h2-7,9,14H,8,10H2,1H3,(H,18,19). The van der Waals surface area contributed by atoms with E-state index in [1.54, 1.807) is 17.8 Å². The number of carboxylic acid groups (broad SMARTS) is 1. The Morgan fingerprint density at radius 3 is 2.90 bits per heavy atom. The van der Waals surface area contributed by atoms with Crippen LogP contribution in [0.1, 0.15) is 21.5 Å². The number of rotatable bonds is 4. The zero-order valence-corrected chi connectivity index (χ0v) is 13.3. The molecule has 1 atom stereocenters. The first kappa shape index (κ1) is 14.5. The van der Waals surface area contributed by atoms with Gasteiger partial charge >= 0.3 is 5.97 Å².